The van der Waals surface area contributed by atoms with Crippen LogP contribution in [0.3, 0.4) is 0 Å². The van der Waals surface area contributed by atoms with Gasteiger partial charge in [-0.1, -0.05) is 6.92 Å². The van der Waals surface area contributed by atoms with Crippen LogP contribution in [0.5, 0.6) is 0 Å². The van der Waals surface area contributed by atoms with Gasteiger partial charge in [-0.2, -0.15) is 0 Å². The van der Waals surface area contributed by atoms with Crippen LogP contribution in [0.25, 0.3) is 0 Å². The predicted molar refractivity (Wildman–Crippen MR) is 70.9 cm³/mol. The quantitative estimate of drug-likeness (QED) is 0.518. The first-order valence-electron chi connectivity index (χ1n) is 6.26. The van der Waals surface area contributed by atoms with Crippen molar-refractivity contribution >= 4 is 23.8 Å². The highest BCUT2D eigenvalue weighted by Gasteiger charge is 2.30. The molecule has 0 aromatic carbocycles. The van der Waals surface area contributed by atoms with Gasteiger partial charge in [0.05, 0.1) is 12.0 Å². The summed E-state index contributed by atoms with van der Waals surface area (Å²) in [5.74, 6) is -2.21. The van der Waals surface area contributed by atoms with Gasteiger partial charge in [0.1, 0.15) is 0 Å². The molecule has 0 spiro atoms. The van der Waals surface area contributed by atoms with E-state index in [9.17, 15) is 19.2 Å². The third kappa shape index (κ3) is 7.34. The van der Waals surface area contributed by atoms with Gasteiger partial charge in [0.15, 0.2) is 0 Å². The van der Waals surface area contributed by atoms with Gasteiger partial charge >= 0.3 is 12.0 Å². The first-order chi connectivity index (χ1) is 9.19. The number of imide groups is 1. The summed E-state index contributed by atoms with van der Waals surface area (Å²) in [4.78, 5) is 44.8. The van der Waals surface area contributed by atoms with Crippen molar-refractivity contribution < 1.29 is 24.3 Å². The number of carboxylic acids is 1. The number of amides is 4. The lowest BCUT2D eigenvalue weighted by molar-refractivity contribution is -0.149. The molecule has 4 amide bonds. The van der Waals surface area contributed by atoms with Crippen LogP contribution in [0.4, 0.5) is 4.79 Å². The van der Waals surface area contributed by atoms with E-state index in [1.54, 1.807) is 0 Å². The molecule has 0 bridgehead atoms. The van der Waals surface area contributed by atoms with Gasteiger partial charge in [-0.25, -0.2) is 4.79 Å². The number of carbonyl (C=O) groups is 4. The van der Waals surface area contributed by atoms with Crippen molar-refractivity contribution in [1.82, 2.24) is 16.0 Å². The molecule has 8 heteroatoms. The van der Waals surface area contributed by atoms with Crippen LogP contribution in [0.2, 0.25) is 0 Å². The minimum absolute atomic E-state index is 0.249. The van der Waals surface area contributed by atoms with Gasteiger partial charge in [0.2, 0.25) is 11.8 Å². The van der Waals surface area contributed by atoms with E-state index in [1.165, 1.54) is 13.8 Å². The monoisotopic (exact) mass is 287 g/mol. The minimum atomic E-state index is -1.26. The van der Waals surface area contributed by atoms with E-state index in [0.29, 0.717) is 6.54 Å². The van der Waals surface area contributed by atoms with Crippen molar-refractivity contribution in [3.05, 3.63) is 0 Å². The smallest absolute Gasteiger partial charge is 0.321 e. The maximum absolute atomic E-state index is 11.5. The highest BCUT2D eigenvalue weighted by molar-refractivity contribution is 5.97. The summed E-state index contributed by atoms with van der Waals surface area (Å²) in [6.07, 6.45) is 0.443. The zero-order valence-corrected chi connectivity index (χ0v) is 11.9. The summed E-state index contributed by atoms with van der Waals surface area (Å²) in [5.41, 5.74) is -1.26. The Morgan fingerprint density at radius 2 is 1.65 bits per heavy atom. The molecule has 0 aromatic heterocycles. The van der Waals surface area contributed by atoms with Crippen molar-refractivity contribution in [3.8, 4) is 0 Å². The molecule has 0 radical (unpaired) electrons. The van der Waals surface area contributed by atoms with E-state index in [2.05, 4.69) is 10.6 Å². The largest absolute Gasteiger partial charge is 0.481 e. The van der Waals surface area contributed by atoms with E-state index in [1.807, 2.05) is 12.2 Å². The molecule has 0 saturated carbocycles. The molecule has 0 aromatic rings. The molecule has 114 valence electrons. The lowest BCUT2D eigenvalue weighted by Crippen LogP contribution is -2.45. The molecule has 0 saturated heterocycles. The molecule has 0 fully saturated rings. The van der Waals surface area contributed by atoms with Crippen molar-refractivity contribution in [2.24, 2.45) is 5.41 Å². The number of hydrogen-bond donors (Lipinski definition) is 4. The third-order valence-electron chi connectivity index (χ3n) is 2.42. The molecule has 0 aliphatic rings. The molecule has 4 N–H and O–H groups in total. The number of urea groups is 1. The van der Waals surface area contributed by atoms with Gasteiger partial charge in [-0.3, -0.25) is 19.7 Å². The van der Waals surface area contributed by atoms with Crippen LogP contribution in [0.15, 0.2) is 0 Å². The molecule has 0 aliphatic carbocycles. The normalized spacial score (nSPS) is 10.6. The Bertz CT molecular complexity index is 393. The Morgan fingerprint density at radius 1 is 1.05 bits per heavy atom. The fourth-order valence-electron chi connectivity index (χ4n) is 1.18. The molecular formula is C12H21N3O5. The zero-order chi connectivity index (χ0) is 15.8. The second-order valence-electron chi connectivity index (χ2n) is 4.95. The summed E-state index contributed by atoms with van der Waals surface area (Å²) >= 11 is 0. The molecule has 0 aliphatic heterocycles. The van der Waals surface area contributed by atoms with Crippen LogP contribution in [0.1, 0.15) is 33.6 Å². The van der Waals surface area contributed by atoms with Crippen molar-refractivity contribution in [2.75, 3.05) is 13.1 Å². The summed E-state index contributed by atoms with van der Waals surface area (Å²) in [7, 11) is 0. The topological polar surface area (TPSA) is 125 Å². The van der Waals surface area contributed by atoms with Gasteiger partial charge in [0, 0.05) is 13.0 Å². The van der Waals surface area contributed by atoms with Gasteiger partial charge in [-0.15, -0.1) is 0 Å². The summed E-state index contributed by atoms with van der Waals surface area (Å²) in [5, 5.41) is 15.6. The van der Waals surface area contributed by atoms with Crippen LogP contribution >= 0.6 is 0 Å². The fourth-order valence-corrected chi connectivity index (χ4v) is 1.18. The molecule has 0 unspecified atom stereocenters. The van der Waals surface area contributed by atoms with E-state index in [4.69, 9.17) is 5.11 Å². The summed E-state index contributed by atoms with van der Waals surface area (Å²) < 4.78 is 0. The first-order valence-corrected chi connectivity index (χ1v) is 6.26. The SMILES string of the molecule is CCCNC(=O)CNC(=O)NC(=O)CC(C)(C)C(=O)O. The molecule has 0 rings (SSSR count). The maximum Gasteiger partial charge on any atom is 0.321 e. The van der Waals surface area contributed by atoms with Crippen molar-refractivity contribution in [2.45, 2.75) is 33.6 Å². The Labute approximate surface area is 117 Å². The maximum atomic E-state index is 11.5. The Balaban J connectivity index is 4.06. The van der Waals surface area contributed by atoms with Gasteiger partial charge in [-0.05, 0) is 20.3 Å². The van der Waals surface area contributed by atoms with Crippen LogP contribution in [0, 0.1) is 5.41 Å². The van der Waals surface area contributed by atoms with Crippen LogP contribution in [-0.4, -0.2) is 42.0 Å². The number of nitrogens with one attached hydrogen (secondary N) is 3. The lowest BCUT2D eigenvalue weighted by Gasteiger charge is -2.17. The van der Waals surface area contributed by atoms with E-state index in [-0.39, 0.29) is 18.9 Å². The number of carbonyl (C=O) groups excluding carboxylic acids is 3. The number of rotatable bonds is 7. The number of carboxylic acid groups (broad SMARTS) is 1. The Morgan fingerprint density at radius 3 is 2.15 bits per heavy atom. The molecule has 0 atom stereocenters. The molecular weight excluding hydrogens is 266 g/mol. The number of hydrogen-bond acceptors (Lipinski definition) is 4. The third-order valence-corrected chi connectivity index (χ3v) is 2.42. The second kappa shape index (κ2) is 8.13. The highest BCUT2D eigenvalue weighted by atomic mass is 16.4. The lowest BCUT2D eigenvalue weighted by atomic mass is 9.89. The highest BCUT2D eigenvalue weighted by Crippen LogP contribution is 2.19. The summed E-state index contributed by atoms with van der Waals surface area (Å²) in [6.45, 7) is 4.91. The number of aliphatic carboxylic acids is 1. The first kappa shape index (κ1) is 17.9. The average molecular weight is 287 g/mol. The standard InChI is InChI=1S/C12H21N3O5/c1-4-5-13-9(17)7-14-11(20)15-8(16)6-12(2,3)10(18)19/h4-7H2,1-3H3,(H,13,17)(H,18,19)(H2,14,15,16,20). The van der Waals surface area contributed by atoms with E-state index < -0.39 is 23.3 Å². The van der Waals surface area contributed by atoms with Crippen molar-refractivity contribution in [1.29, 1.82) is 0 Å². The molecule has 8 nitrogen and oxygen atoms in total. The summed E-state index contributed by atoms with van der Waals surface area (Å²) in [6, 6.07) is -0.831. The minimum Gasteiger partial charge on any atom is -0.481 e. The molecule has 20 heavy (non-hydrogen) atoms. The van der Waals surface area contributed by atoms with Crippen molar-refractivity contribution in [3.63, 3.8) is 0 Å². The van der Waals surface area contributed by atoms with E-state index in [0.717, 1.165) is 6.42 Å². The average Bonchev–Trinajstić information content (AvgIpc) is 2.32. The van der Waals surface area contributed by atoms with Gasteiger partial charge < -0.3 is 15.7 Å². The Hall–Kier alpha value is -2.12. The zero-order valence-electron chi connectivity index (χ0n) is 11.9. The van der Waals surface area contributed by atoms with Crippen LogP contribution in [-0.2, 0) is 14.4 Å². The van der Waals surface area contributed by atoms with Crippen LogP contribution < -0.4 is 16.0 Å². The predicted octanol–water partition coefficient (Wildman–Crippen LogP) is -0.161. The molecule has 0 heterocycles. The van der Waals surface area contributed by atoms with E-state index >= 15 is 0 Å². The second-order valence-corrected chi connectivity index (χ2v) is 4.95. The Kier molecular flexibility index (Phi) is 7.27. The van der Waals surface area contributed by atoms with Gasteiger partial charge in [0.25, 0.3) is 0 Å². The fraction of sp³-hybridized carbons (Fsp3) is 0.667.